The van der Waals surface area contributed by atoms with Gasteiger partial charge in [0.2, 0.25) is 0 Å². The molecular formula is C9H7BrN2O. The predicted molar refractivity (Wildman–Crippen MR) is 54.8 cm³/mol. The zero-order valence-corrected chi connectivity index (χ0v) is 8.55. The molecule has 2 aromatic rings. The lowest BCUT2D eigenvalue weighted by molar-refractivity contribution is 1.09. The largest absolute Gasteiger partial charge is 0.346 e. The summed E-state index contributed by atoms with van der Waals surface area (Å²) in [7, 11) is 0. The van der Waals surface area contributed by atoms with Crippen LogP contribution in [-0.4, -0.2) is 9.97 Å². The van der Waals surface area contributed by atoms with Gasteiger partial charge >= 0.3 is 5.69 Å². The number of halogens is 1. The highest BCUT2D eigenvalue weighted by atomic mass is 79.9. The van der Waals surface area contributed by atoms with Crippen molar-refractivity contribution in [1.82, 2.24) is 9.97 Å². The average molecular weight is 239 g/mol. The first-order valence-corrected chi connectivity index (χ1v) is 4.63. The van der Waals surface area contributed by atoms with Gasteiger partial charge in [-0.2, -0.15) is 4.98 Å². The number of hydrogen-bond acceptors (Lipinski definition) is 2. The fourth-order valence-electron chi connectivity index (χ4n) is 1.28. The third kappa shape index (κ3) is 1.37. The Labute approximate surface area is 82.9 Å². The third-order valence-corrected chi connectivity index (χ3v) is 2.53. The molecule has 0 saturated heterocycles. The van der Waals surface area contributed by atoms with Crippen LogP contribution in [0.25, 0.3) is 10.9 Å². The highest BCUT2D eigenvalue weighted by Crippen LogP contribution is 2.20. The molecule has 1 N–H and O–H groups in total. The summed E-state index contributed by atoms with van der Waals surface area (Å²) >= 11 is 3.29. The van der Waals surface area contributed by atoms with Gasteiger partial charge in [-0.15, -0.1) is 0 Å². The monoisotopic (exact) mass is 238 g/mol. The van der Waals surface area contributed by atoms with Gasteiger partial charge in [-0.25, -0.2) is 4.79 Å². The van der Waals surface area contributed by atoms with Crippen LogP contribution in [0, 0.1) is 6.92 Å². The van der Waals surface area contributed by atoms with Crippen LogP contribution in [-0.2, 0) is 0 Å². The SMILES string of the molecule is Cc1cccc2c(Br)[nH]c(=O)nc12. The minimum absolute atomic E-state index is 0.325. The van der Waals surface area contributed by atoms with Crippen molar-refractivity contribution in [3.05, 3.63) is 38.9 Å². The van der Waals surface area contributed by atoms with Gasteiger partial charge in [0, 0.05) is 5.39 Å². The highest BCUT2D eigenvalue weighted by Gasteiger charge is 2.02. The Morgan fingerprint density at radius 2 is 2.23 bits per heavy atom. The number of nitrogens with zero attached hydrogens (tertiary/aromatic N) is 1. The molecule has 0 spiro atoms. The van der Waals surface area contributed by atoms with Crippen molar-refractivity contribution < 1.29 is 0 Å². The number of fused-ring (bicyclic) bond motifs is 1. The number of H-pyrrole nitrogens is 1. The van der Waals surface area contributed by atoms with Crippen LogP contribution >= 0.6 is 15.9 Å². The van der Waals surface area contributed by atoms with Crippen molar-refractivity contribution in [2.75, 3.05) is 0 Å². The van der Waals surface area contributed by atoms with E-state index in [9.17, 15) is 4.79 Å². The molecule has 0 radical (unpaired) electrons. The molecule has 66 valence electrons. The normalized spacial score (nSPS) is 10.6. The second kappa shape index (κ2) is 2.96. The van der Waals surface area contributed by atoms with Crippen molar-refractivity contribution in [1.29, 1.82) is 0 Å². The first-order valence-electron chi connectivity index (χ1n) is 3.83. The Morgan fingerprint density at radius 3 is 3.00 bits per heavy atom. The summed E-state index contributed by atoms with van der Waals surface area (Å²) in [5.41, 5.74) is 1.43. The zero-order valence-electron chi connectivity index (χ0n) is 6.97. The number of aromatic nitrogens is 2. The van der Waals surface area contributed by atoms with Crippen LogP contribution in [0.1, 0.15) is 5.56 Å². The highest BCUT2D eigenvalue weighted by molar-refractivity contribution is 9.10. The van der Waals surface area contributed by atoms with E-state index in [-0.39, 0.29) is 5.69 Å². The second-order valence-corrected chi connectivity index (χ2v) is 3.62. The predicted octanol–water partition coefficient (Wildman–Crippen LogP) is 1.99. The van der Waals surface area contributed by atoms with Crippen LogP contribution in [0.2, 0.25) is 0 Å². The van der Waals surface area contributed by atoms with Gasteiger partial charge < -0.3 is 0 Å². The fourth-order valence-corrected chi connectivity index (χ4v) is 1.76. The standard InChI is InChI=1S/C9H7BrN2O/c1-5-3-2-4-6-7(5)11-9(13)12-8(6)10/h2-4H,1H3,(H,11,12,13). The Hall–Kier alpha value is -1.16. The van der Waals surface area contributed by atoms with Crippen molar-refractivity contribution in [2.45, 2.75) is 6.92 Å². The van der Waals surface area contributed by atoms with E-state index >= 15 is 0 Å². The number of nitrogens with one attached hydrogen (secondary N) is 1. The number of hydrogen-bond donors (Lipinski definition) is 1. The molecule has 0 aliphatic carbocycles. The fraction of sp³-hybridized carbons (Fsp3) is 0.111. The third-order valence-electron chi connectivity index (χ3n) is 1.90. The molecule has 0 saturated carbocycles. The molecule has 2 rings (SSSR count). The van der Waals surface area contributed by atoms with Crippen LogP contribution in [0.5, 0.6) is 0 Å². The van der Waals surface area contributed by atoms with Crippen molar-refractivity contribution >= 4 is 26.8 Å². The van der Waals surface area contributed by atoms with Crippen LogP contribution < -0.4 is 5.69 Å². The Balaban J connectivity index is 3.03. The van der Waals surface area contributed by atoms with Crippen molar-refractivity contribution in [2.24, 2.45) is 0 Å². The van der Waals surface area contributed by atoms with Gasteiger partial charge in [-0.05, 0) is 28.4 Å². The molecule has 3 nitrogen and oxygen atoms in total. The molecule has 13 heavy (non-hydrogen) atoms. The molecule has 0 unspecified atom stereocenters. The molecule has 4 heteroatoms. The molecule has 1 heterocycles. The minimum Gasteiger partial charge on any atom is -0.299 e. The van der Waals surface area contributed by atoms with Gasteiger partial charge in [-0.3, -0.25) is 4.98 Å². The van der Waals surface area contributed by atoms with Gasteiger partial charge in [0.15, 0.2) is 0 Å². The Bertz CT molecular complexity index is 518. The van der Waals surface area contributed by atoms with Crippen LogP contribution in [0.3, 0.4) is 0 Å². The maximum absolute atomic E-state index is 11.1. The van der Waals surface area contributed by atoms with E-state index in [0.717, 1.165) is 16.5 Å². The first-order chi connectivity index (χ1) is 6.18. The van der Waals surface area contributed by atoms with Crippen LogP contribution in [0.15, 0.2) is 27.6 Å². The molecule has 0 bridgehead atoms. The van der Waals surface area contributed by atoms with Gasteiger partial charge in [-0.1, -0.05) is 18.2 Å². The molecular weight excluding hydrogens is 232 g/mol. The zero-order chi connectivity index (χ0) is 9.42. The number of para-hydroxylation sites is 1. The quantitative estimate of drug-likeness (QED) is 0.714. The summed E-state index contributed by atoms with van der Waals surface area (Å²) < 4.78 is 0.686. The number of aromatic amines is 1. The summed E-state index contributed by atoms with van der Waals surface area (Å²) in [6.45, 7) is 1.93. The summed E-state index contributed by atoms with van der Waals surface area (Å²) in [6, 6.07) is 5.78. The lowest BCUT2D eigenvalue weighted by Gasteiger charge is -2.00. The van der Waals surface area contributed by atoms with E-state index in [2.05, 4.69) is 25.9 Å². The van der Waals surface area contributed by atoms with Crippen LogP contribution in [0.4, 0.5) is 0 Å². The number of aryl methyl sites for hydroxylation is 1. The molecule has 0 aliphatic rings. The molecule has 0 aliphatic heterocycles. The molecule has 0 fully saturated rings. The topological polar surface area (TPSA) is 45.8 Å². The molecule has 1 aromatic heterocycles. The maximum Gasteiger partial charge on any atom is 0.346 e. The first kappa shape index (κ1) is 8.44. The van der Waals surface area contributed by atoms with Gasteiger partial charge in [0.05, 0.1) is 10.1 Å². The van der Waals surface area contributed by atoms with E-state index in [1.807, 2.05) is 25.1 Å². The van der Waals surface area contributed by atoms with E-state index in [1.54, 1.807) is 0 Å². The summed E-state index contributed by atoms with van der Waals surface area (Å²) in [4.78, 5) is 17.5. The van der Waals surface area contributed by atoms with E-state index in [0.29, 0.717) is 4.60 Å². The molecule has 1 aromatic carbocycles. The van der Waals surface area contributed by atoms with Crippen molar-refractivity contribution in [3.63, 3.8) is 0 Å². The number of rotatable bonds is 0. The lowest BCUT2D eigenvalue weighted by atomic mass is 10.1. The van der Waals surface area contributed by atoms with E-state index < -0.39 is 0 Å². The Kier molecular flexibility index (Phi) is 1.92. The Morgan fingerprint density at radius 1 is 1.46 bits per heavy atom. The molecule has 0 amide bonds. The van der Waals surface area contributed by atoms with E-state index in [4.69, 9.17) is 0 Å². The average Bonchev–Trinajstić information content (AvgIpc) is 2.07. The van der Waals surface area contributed by atoms with Gasteiger partial charge in [0.1, 0.15) is 0 Å². The second-order valence-electron chi connectivity index (χ2n) is 2.83. The number of benzene rings is 1. The summed E-state index contributed by atoms with van der Waals surface area (Å²) in [5, 5.41) is 0.930. The smallest absolute Gasteiger partial charge is 0.299 e. The summed E-state index contributed by atoms with van der Waals surface area (Å²) in [6.07, 6.45) is 0. The summed E-state index contributed by atoms with van der Waals surface area (Å²) in [5.74, 6) is 0. The lowest BCUT2D eigenvalue weighted by Crippen LogP contribution is -2.10. The molecule has 0 atom stereocenters. The van der Waals surface area contributed by atoms with Gasteiger partial charge in [0.25, 0.3) is 0 Å². The van der Waals surface area contributed by atoms with Crippen molar-refractivity contribution in [3.8, 4) is 0 Å². The minimum atomic E-state index is -0.325. The maximum atomic E-state index is 11.1. The van der Waals surface area contributed by atoms with E-state index in [1.165, 1.54) is 0 Å².